The molecule has 2 aliphatic rings. The fourth-order valence-corrected chi connectivity index (χ4v) is 13.0. The molecule has 2 aliphatic carbocycles. The molecule has 0 atom stereocenters. The number of nitrogens with zero attached hydrogens (tertiary/aromatic N) is 2. The van der Waals surface area contributed by atoms with Crippen molar-refractivity contribution >= 4 is 42.1 Å². The van der Waals surface area contributed by atoms with E-state index in [4.69, 9.17) is 4.98 Å². The van der Waals surface area contributed by atoms with Crippen LogP contribution in [-0.4, -0.2) is 36.0 Å². The van der Waals surface area contributed by atoms with E-state index in [9.17, 15) is 0 Å². The Labute approximate surface area is 173 Å². The molecule has 140 valence electrons. The van der Waals surface area contributed by atoms with Crippen LogP contribution in [0.25, 0.3) is 5.69 Å². The van der Waals surface area contributed by atoms with Gasteiger partial charge in [-0.3, -0.25) is 0 Å². The molecule has 26 heavy (non-hydrogen) atoms. The number of imidazole rings is 1. The van der Waals surface area contributed by atoms with Crippen LogP contribution in [0.4, 0.5) is 0 Å². The maximum absolute atomic E-state index is 5.01. The van der Waals surface area contributed by atoms with E-state index in [-0.39, 0.29) is 0 Å². The molecule has 1 heterocycles. The number of halogens is 1. The van der Waals surface area contributed by atoms with Gasteiger partial charge in [0.1, 0.15) is 0 Å². The zero-order chi connectivity index (χ0) is 18.0. The van der Waals surface area contributed by atoms with Crippen molar-refractivity contribution in [1.29, 1.82) is 0 Å². The summed E-state index contributed by atoms with van der Waals surface area (Å²) in [5.41, 5.74) is 2.84. The third kappa shape index (κ3) is 3.72. The Hall–Kier alpha value is -0.141. The SMILES string of the molecule is [Se]=P(c1nccn1-c1ccc(Br)cc1)(C1CCCCC1)C1CCCCC1. The average Bonchev–Trinajstić information content (AvgIpc) is 3.20. The van der Waals surface area contributed by atoms with Crippen LogP contribution in [0.15, 0.2) is 41.1 Å². The molecule has 0 N–H and O–H groups in total. The Morgan fingerprint density at radius 1 is 0.885 bits per heavy atom. The third-order valence-corrected chi connectivity index (χ3v) is 15.7. The molecule has 1 aromatic heterocycles. The van der Waals surface area contributed by atoms with Gasteiger partial charge in [0.15, 0.2) is 0 Å². The molecule has 0 saturated heterocycles. The fraction of sp³-hybridized carbons (Fsp3) is 0.571. The summed E-state index contributed by atoms with van der Waals surface area (Å²) in [7, 11) is 0. The monoisotopic (exact) mass is 498 g/mol. The van der Waals surface area contributed by atoms with Crippen LogP contribution in [0.1, 0.15) is 64.2 Å². The summed E-state index contributed by atoms with van der Waals surface area (Å²) in [5, 5.41) is 0. The normalized spacial score (nSPS) is 20.3. The molecule has 0 spiro atoms. The van der Waals surface area contributed by atoms with E-state index in [1.54, 1.807) is 0 Å². The molecule has 0 unspecified atom stereocenters. The van der Waals surface area contributed by atoms with E-state index in [2.05, 4.69) is 66.1 Å². The molecule has 1 aromatic carbocycles. The summed E-state index contributed by atoms with van der Waals surface area (Å²) in [5.74, 6) is 0. The van der Waals surface area contributed by atoms with Gasteiger partial charge in [0.05, 0.1) is 0 Å². The van der Waals surface area contributed by atoms with Crippen LogP contribution in [0, 0.1) is 0 Å². The Balaban J connectivity index is 1.78. The third-order valence-electron chi connectivity index (χ3n) is 6.27. The summed E-state index contributed by atoms with van der Waals surface area (Å²) in [6.07, 6.45) is 18.2. The molecular formula is C21H28BrN2PSe. The van der Waals surface area contributed by atoms with Crippen molar-refractivity contribution in [3.05, 3.63) is 41.1 Å². The van der Waals surface area contributed by atoms with Crippen LogP contribution < -0.4 is 5.57 Å². The molecule has 2 saturated carbocycles. The van der Waals surface area contributed by atoms with Gasteiger partial charge in [-0.25, -0.2) is 0 Å². The van der Waals surface area contributed by atoms with Crippen LogP contribution in [-0.2, 0) is 0 Å². The second kappa shape index (κ2) is 8.48. The second-order valence-electron chi connectivity index (χ2n) is 7.87. The topological polar surface area (TPSA) is 17.8 Å². The first kappa shape index (κ1) is 19.2. The predicted octanol–water partition coefficient (Wildman–Crippen LogP) is 6.03. The van der Waals surface area contributed by atoms with E-state index in [0.29, 0.717) is 0 Å². The molecule has 0 amide bonds. The number of hydrogen-bond acceptors (Lipinski definition) is 1. The first-order chi connectivity index (χ1) is 12.7. The van der Waals surface area contributed by atoms with Crippen molar-refractivity contribution in [2.75, 3.05) is 0 Å². The van der Waals surface area contributed by atoms with E-state index in [1.165, 1.54) is 75.5 Å². The van der Waals surface area contributed by atoms with Crippen LogP contribution in [0.3, 0.4) is 0 Å². The number of rotatable bonds is 4. The van der Waals surface area contributed by atoms with Crippen LogP contribution in [0.5, 0.6) is 0 Å². The summed E-state index contributed by atoms with van der Waals surface area (Å²) in [6, 6.07) is 8.70. The Bertz CT molecular complexity index is 752. The quantitative estimate of drug-likeness (QED) is 0.372. The van der Waals surface area contributed by atoms with E-state index < -0.39 is 5.51 Å². The van der Waals surface area contributed by atoms with Crippen molar-refractivity contribution in [3.63, 3.8) is 0 Å². The van der Waals surface area contributed by atoms with E-state index in [0.717, 1.165) is 15.8 Å². The predicted molar refractivity (Wildman–Crippen MR) is 117 cm³/mol. The van der Waals surface area contributed by atoms with Crippen molar-refractivity contribution in [2.24, 2.45) is 0 Å². The summed E-state index contributed by atoms with van der Waals surface area (Å²) in [6.45, 7) is 0. The number of benzene rings is 1. The zero-order valence-corrected chi connectivity index (χ0v) is 19.5. The maximum atomic E-state index is 5.01. The summed E-state index contributed by atoms with van der Waals surface area (Å²) in [4.78, 5) is 5.01. The molecule has 2 nitrogen and oxygen atoms in total. The second-order valence-corrected chi connectivity index (χ2v) is 15.9. The number of aromatic nitrogens is 2. The van der Waals surface area contributed by atoms with Crippen molar-refractivity contribution in [2.45, 2.75) is 75.5 Å². The van der Waals surface area contributed by atoms with Gasteiger partial charge < -0.3 is 0 Å². The van der Waals surface area contributed by atoms with Gasteiger partial charge in [-0.2, -0.15) is 0 Å². The minimum absolute atomic E-state index is 0.830. The van der Waals surface area contributed by atoms with Gasteiger partial charge in [-0.15, -0.1) is 0 Å². The van der Waals surface area contributed by atoms with Gasteiger partial charge in [0.2, 0.25) is 0 Å². The molecule has 4 rings (SSSR count). The van der Waals surface area contributed by atoms with Crippen molar-refractivity contribution < 1.29 is 0 Å². The van der Waals surface area contributed by atoms with Crippen LogP contribution in [0.2, 0.25) is 0 Å². The van der Waals surface area contributed by atoms with E-state index in [1.807, 2.05) is 6.20 Å². The molecule has 0 aliphatic heterocycles. The average molecular weight is 498 g/mol. The Morgan fingerprint density at radius 2 is 1.42 bits per heavy atom. The molecule has 2 aromatic rings. The molecular weight excluding hydrogens is 470 g/mol. The van der Waals surface area contributed by atoms with Gasteiger partial charge in [0.25, 0.3) is 0 Å². The number of hydrogen-bond donors (Lipinski definition) is 0. The van der Waals surface area contributed by atoms with Crippen molar-refractivity contribution in [1.82, 2.24) is 9.55 Å². The Kier molecular flexibility index (Phi) is 6.26. The van der Waals surface area contributed by atoms with Gasteiger partial charge in [-0.05, 0) is 0 Å². The van der Waals surface area contributed by atoms with Crippen LogP contribution >= 0.6 is 21.4 Å². The molecule has 0 radical (unpaired) electrons. The minimum atomic E-state index is -1.42. The van der Waals surface area contributed by atoms with Gasteiger partial charge in [0, 0.05) is 0 Å². The zero-order valence-electron chi connectivity index (χ0n) is 15.3. The standard InChI is InChI=1S/C21H28BrN2PSe/c22-17-11-13-18(14-12-17)24-16-15-23-21(24)25(26,19-7-3-1-4-8-19)20-9-5-2-6-10-20/h11-16,19-20H,1-10H2. The van der Waals surface area contributed by atoms with Gasteiger partial charge in [-0.1, -0.05) is 0 Å². The fourth-order valence-electron chi connectivity index (χ4n) is 4.91. The summed E-state index contributed by atoms with van der Waals surface area (Å²) < 4.78 is 3.52. The molecule has 2 fully saturated rings. The van der Waals surface area contributed by atoms with E-state index >= 15 is 0 Å². The first-order valence-electron chi connectivity index (χ1n) is 10.1. The molecule has 0 bridgehead atoms. The Morgan fingerprint density at radius 3 is 1.96 bits per heavy atom. The summed E-state index contributed by atoms with van der Waals surface area (Å²) >= 11 is 7.44. The molecule has 5 heteroatoms. The first-order valence-corrected chi connectivity index (χ1v) is 15.0. The van der Waals surface area contributed by atoms with Crippen molar-refractivity contribution in [3.8, 4) is 5.69 Å². The van der Waals surface area contributed by atoms with Gasteiger partial charge >= 0.3 is 174 Å².